The van der Waals surface area contributed by atoms with E-state index in [2.05, 4.69) is 15.2 Å². The number of hydrogen-bond acceptors (Lipinski definition) is 7. The van der Waals surface area contributed by atoms with Crippen LogP contribution >= 0.6 is 34.7 Å². The van der Waals surface area contributed by atoms with Crippen LogP contribution in [0.15, 0.2) is 62.1 Å². The fourth-order valence-corrected chi connectivity index (χ4v) is 3.51. The minimum atomic E-state index is 0.505. The molecule has 0 atom stereocenters. The SMILES string of the molecule is Clc1cccc(-c2nc(CSc3nnc(-c4cccs4)o3)co2)c1. The van der Waals surface area contributed by atoms with Crippen molar-refractivity contribution in [3.8, 4) is 22.2 Å². The zero-order valence-electron chi connectivity index (χ0n) is 12.2. The van der Waals surface area contributed by atoms with Crippen LogP contribution in [0, 0.1) is 0 Å². The highest BCUT2D eigenvalue weighted by Crippen LogP contribution is 2.29. The molecule has 0 bridgehead atoms. The predicted octanol–water partition coefficient (Wildman–Crippen LogP) is 5.40. The van der Waals surface area contributed by atoms with Crippen LogP contribution in [0.2, 0.25) is 5.02 Å². The Hall–Kier alpha value is -2.09. The van der Waals surface area contributed by atoms with Gasteiger partial charge in [0.1, 0.15) is 6.26 Å². The molecule has 0 aliphatic carbocycles. The molecule has 0 radical (unpaired) electrons. The van der Waals surface area contributed by atoms with Crippen LogP contribution in [0.4, 0.5) is 0 Å². The number of aromatic nitrogens is 3. The predicted molar refractivity (Wildman–Crippen MR) is 94.1 cm³/mol. The molecule has 0 unspecified atom stereocenters. The molecule has 3 heterocycles. The largest absolute Gasteiger partial charge is 0.444 e. The van der Waals surface area contributed by atoms with E-state index < -0.39 is 0 Å². The van der Waals surface area contributed by atoms with Crippen LogP contribution in [-0.4, -0.2) is 15.2 Å². The fraction of sp³-hybridized carbons (Fsp3) is 0.0625. The maximum absolute atomic E-state index is 5.99. The number of thiophene rings is 1. The lowest BCUT2D eigenvalue weighted by Crippen LogP contribution is -1.82. The van der Waals surface area contributed by atoms with Crippen molar-refractivity contribution in [3.05, 3.63) is 58.8 Å². The monoisotopic (exact) mass is 375 g/mol. The summed E-state index contributed by atoms with van der Waals surface area (Å²) in [7, 11) is 0. The summed E-state index contributed by atoms with van der Waals surface area (Å²) in [6.07, 6.45) is 1.62. The normalized spacial score (nSPS) is 11.0. The van der Waals surface area contributed by atoms with Gasteiger partial charge in [-0.15, -0.1) is 21.5 Å². The van der Waals surface area contributed by atoms with E-state index in [1.54, 1.807) is 17.6 Å². The summed E-state index contributed by atoms with van der Waals surface area (Å²) < 4.78 is 11.1. The van der Waals surface area contributed by atoms with E-state index in [4.69, 9.17) is 20.4 Å². The number of oxazole rings is 1. The lowest BCUT2D eigenvalue weighted by Gasteiger charge is -1.95. The average Bonchev–Trinajstić information content (AvgIpc) is 3.33. The summed E-state index contributed by atoms with van der Waals surface area (Å²) in [4.78, 5) is 5.42. The van der Waals surface area contributed by atoms with Crippen molar-refractivity contribution in [1.82, 2.24) is 15.2 Å². The highest BCUT2D eigenvalue weighted by Gasteiger charge is 2.12. The van der Waals surface area contributed by atoms with Gasteiger partial charge >= 0.3 is 0 Å². The molecule has 0 aliphatic rings. The topological polar surface area (TPSA) is 65.0 Å². The molecule has 0 amide bonds. The third kappa shape index (κ3) is 3.38. The van der Waals surface area contributed by atoms with E-state index >= 15 is 0 Å². The van der Waals surface area contributed by atoms with Gasteiger partial charge in [0.25, 0.3) is 11.1 Å². The molecule has 3 aromatic heterocycles. The molecule has 1 aromatic carbocycles. The van der Waals surface area contributed by atoms with Gasteiger partial charge in [0.2, 0.25) is 5.89 Å². The molecule has 8 heteroatoms. The van der Waals surface area contributed by atoms with Gasteiger partial charge in [0.05, 0.1) is 10.6 Å². The van der Waals surface area contributed by atoms with Crippen molar-refractivity contribution in [1.29, 1.82) is 0 Å². The summed E-state index contributed by atoms with van der Waals surface area (Å²) in [6.45, 7) is 0. The van der Waals surface area contributed by atoms with Crippen LogP contribution in [0.1, 0.15) is 5.69 Å². The summed E-state index contributed by atoms with van der Waals surface area (Å²) in [5.41, 5.74) is 1.64. The Labute approximate surface area is 150 Å². The van der Waals surface area contributed by atoms with Crippen LogP contribution in [-0.2, 0) is 5.75 Å². The standard InChI is InChI=1S/C16H10ClN3O2S2/c17-11-4-1-3-10(7-11)14-18-12(8-21-14)9-24-16-20-19-15(22-16)13-5-2-6-23-13/h1-8H,9H2. The van der Waals surface area contributed by atoms with Gasteiger partial charge in [-0.25, -0.2) is 4.98 Å². The summed E-state index contributed by atoms with van der Waals surface area (Å²) in [5.74, 6) is 1.65. The summed E-state index contributed by atoms with van der Waals surface area (Å²) in [5, 5.41) is 11.2. The van der Waals surface area contributed by atoms with E-state index in [0.717, 1.165) is 16.1 Å². The Bertz CT molecular complexity index is 950. The Kier molecular flexibility index (Phi) is 4.38. The van der Waals surface area contributed by atoms with Crippen LogP contribution in [0.5, 0.6) is 0 Å². The second kappa shape index (κ2) is 6.80. The minimum absolute atomic E-state index is 0.505. The zero-order valence-corrected chi connectivity index (χ0v) is 14.6. The second-order valence-electron chi connectivity index (χ2n) is 4.79. The van der Waals surface area contributed by atoms with Gasteiger partial charge in [-0.2, -0.15) is 0 Å². The summed E-state index contributed by atoms with van der Waals surface area (Å²) in [6, 6.07) is 11.3. The molecule has 0 spiro atoms. The molecule has 0 aliphatic heterocycles. The van der Waals surface area contributed by atoms with Crippen molar-refractivity contribution >= 4 is 34.7 Å². The van der Waals surface area contributed by atoms with Gasteiger partial charge in [0, 0.05) is 16.3 Å². The van der Waals surface area contributed by atoms with Crippen molar-refractivity contribution in [3.63, 3.8) is 0 Å². The number of benzene rings is 1. The van der Waals surface area contributed by atoms with Crippen molar-refractivity contribution in [2.24, 2.45) is 0 Å². The zero-order chi connectivity index (χ0) is 16.4. The maximum Gasteiger partial charge on any atom is 0.277 e. The molecule has 120 valence electrons. The first-order valence-corrected chi connectivity index (χ1v) is 9.23. The number of halogens is 1. The average molecular weight is 376 g/mol. The first kappa shape index (κ1) is 15.4. The highest BCUT2D eigenvalue weighted by atomic mass is 35.5. The Morgan fingerprint density at radius 3 is 2.92 bits per heavy atom. The number of thioether (sulfide) groups is 1. The van der Waals surface area contributed by atoms with Gasteiger partial charge in [-0.1, -0.05) is 35.5 Å². The lowest BCUT2D eigenvalue weighted by atomic mass is 10.2. The van der Waals surface area contributed by atoms with Crippen molar-refractivity contribution in [2.75, 3.05) is 0 Å². The first-order valence-electron chi connectivity index (χ1n) is 6.98. The van der Waals surface area contributed by atoms with E-state index in [-0.39, 0.29) is 0 Å². The molecule has 0 N–H and O–H groups in total. The van der Waals surface area contributed by atoms with E-state index in [1.807, 2.05) is 41.8 Å². The van der Waals surface area contributed by atoms with Crippen molar-refractivity contribution in [2.45, 2.75) is 11.0 Å². The second-order valence-corrected chi connectivity index (χ2v) is 7.10. The third-order valence-corrected chi connectivity index (χ3v) is 5.05. The Balaban J connectivity index is 1.43. The van der Waals surface area contributed by atoms with Gasteiger partial charge in [0.15, 0.2) is 0 Å². The van der Waals surface area contributed by atoms with E-state index in [1.165, 1.54) is 11.8 Å². The molecular weight excluding hydrogens is 366 g/mol. The smallest absolute Gasteiger partial charge is 0.277 e. The van der Waals surface area contributed by atoms with Gasteiger partial charge in [-0.3, -0.25) is 0 Å². The Morgan fingerprint density at radius 1 is 1.12 bits per heavy atom. The number of rotatable bonds is 5. The molecular formula is C16H10ClN3O2S2. The third-order valence-electron chi connectivity index (χ3n) is 3.11. The van der Waals surface area contributed by atoms with Gasteiger partial charge < -0.3 is 8.83 Å². The van der Waals surface area contributed by atoms with Crippen LogP contribution < -0.4 is 0 Å². The summed E-state index contributed by atoms with van der Waals surface area (Å²) >= 11 is 8.97. The number of nitrogens with zero attached hydrogens (tertiary/aromatic N) is 3. The number of hydrogen-bond donors (Lipinski definition) is 0. The quantitative estimate of drug-likeness (QED) is 0.435. The molecule has 5 nitrogen and oxygen atoms in total. The maximum atomic E-state index is 5.99. The van der Waals surface area contributed by atoms with Crippen LogP contribution in [0.3, 0.4) is 0 Å². The van der Waals surface area contributed by atoms with E-state index in [0.29, 0.717) is 27.8 Å². The van der Waals surface area contributed by atoms with Crippen LogP contribution in [0.25, 0.3) is 22.2 Å². The fourth-order valence-electron chi connectivity index (χ4n) is 2.03. The molecule has 24 heavy (non-hydrogen) atoms. The van der Waals surface area contributed by atoms with E-state index in [9.17, 15) is 0 Å². The Morgan fingerprint density at radius 2 is 2.08 bits per heavy atom. The highest BCUT2D eigenvalue weighted by molar-refractivity contribution is 7.98. The molecule has 0 saturated heterocycles. The van der Waals surface area contributed by atoms with Crippen molar-refractivity contribution < 1.29 is 8.83 Å². The minimum Gasteiger partial charge on any atom is -0.444 e. The first-order chi connectivity index (χ1) is 11.8. The van der Waals surface area contributed by atoms with Gasteiger partial charge in [-0.05, 0) is 29.6 Å². The molecule has 0 saturated carbocycles. The molecule has 4 aromatic rings. The molecule has 4 rings (SSSR count). The molecule has 0 fully saturated rings. The lowest BCUT2D eigenvalue weighted by molar-refractivity contribution is 0.466.